The molecule has 1 aromatic carbocycles. The van der Waals surface area contributed by atoms with Crippen molar-refractivity contribution in [2.75, 3.05) is 0 Å². The van der Waals surface area contributed by atoms with Crippen LogP contribution in [0.3, 0.4) is 0 Å². The first-order valence-electron chi connectivity index (χ1n) is 4.71. The highest BCUT2D eigenvalue weighted by Crippen LogP contribution is 2.23. The van der Waals surface area contributed by atoms with Crippen molar-refractivity contribution in [2.45, 2.75) is 20.3 Å². The van der Waals surface area contributed by atoms with Gasteiger partial charge in [0.05, 0.1) is 11.7 Å². The number of aromatic nitrogens is 2. The van der Waals surface area contributed by atoms with E-state index in [-0.39, 0.29) is 6.42 Å². The highest BCUT2D eigenvalue weighted by atomic mass is 16.4. The fraction of sp³-hybridized carbons (Fsp3) is 0.273. The number of rotatable bonds is 2. The summed E-state index contributed by atoms with van der Waals surface area (Å²) in [5.74, 6) is -1.06. The third-order valence-electron chi connectivity index (χ3n) is 2.75. The number of aryl methyl sites for hydroxylation is 1. The normalized spacial score (nSPS) is 10.8. The number of benzene rings is 1. The largest absolute Gasteiger partial charge is 0.550 e. The van der Waals surface area contributed by atoms with Gasteiger partial charge < -0.3 is 9.90 Å². The molecular formula is C11H11N2O2-. The molecule has 4 nitrogen and oxygen atoms in total. The Morgan fingerprint density at radius 1 is 1.47 bits per heavy atom. The molecule has 0 saturated carbocycles. The van der Waals surface area contributed by atoms with Gasteiger partial charge in [-0.15, -0.1) is 0 Å². The van der Waals surface area contributed by atoms with E-state index in [1.165, 1.54) is 0 Å². The number of hydrogen-bond donors (Lipinski definition) is 1. The molecule has 0 amide bonds. The molecular weight excluding hydrogens is 192 g/mol. The number of carbonyl (C=O) groups is 1. The Balaban J connectivity index is 2.64. The maximum absolute atomic E-state index is 10.6. The maximum atomic E-state index is 10.6. The molecule has 1 heterocycles. The van der Waals surface area contributed by atoms with Crippen molar-refractivity contribution in [3.05, 3.63) is 29.0 Å². The van der Waals surface area contributed by atoms with E-state index in [4.69, 9.17) is 0 Å². The molecule has 0 atom stereocenters. The van der Waals surface area contributed by atoms with Crippen LogP contribution in [0.4, 0.5) is 0 Å². The first kappa shape index (κ1) is 9.71. The molecule has 78 valence electrons. The zero-order chi connectivity index (χ0) is 11.0. The van der Waals surface area contributed by atoms with Gasteiger partial charge in [0.1, 0.15) is 0 Å². The van der Waals surface area contributed by atoms with E-state index in [2.05, 4.69) is 10.2 Å². The third kappa shape index (κ3) is 1.58. The van der Waals surface area contributed by atoms with Gasteiger partial charge in [-0.05, 0) is 36.6 Å². The predicted octanol–water partition coefficient (Wildman–Crippen LogP) is 0.472. The van der Waals surface area contributed by atoms with Crippen molar-refractivity contribution in [1.29, 1.82) is 0 Å². The number of carbonyl (C=O) groups excluding carboxylic acids is 1. The minimum Gasteiger partial charge on any atom is -0.550 e. The molecule has 1 aromatic heterocycles. The molecule has 0 aliphatic rings. The molecule has 0 bridgehead atoms. The second-order valence-electron chi connectivity index (χ2n) is 3.67. The van der Waals surface area contributed by atoms with E-state index in [9.17, 15) is 9.90 Å². The zero-order valence-corrected chi connectivity index (χ0v) is 8.63. The molecule has 1 N–H and O–H groups in total. The summed E-state index contributed by atoms with van der Waals surface area (Å²) in [5, 5.41) is 18.3. The van der Waals surface area contributed by atoms with Crippen LogP contribution >= 0.6 is 0 Å². The Labute approximate surface area is 86.9 Å². The molecule has 15 heavy (non-hydrogen) atoms. The van der Waals surface area contributed by atoms with Gasteiger partial charge in [0.25, 0.3) is 0 Å². The van der Waals surface area contributed by atoms with Crippen molar-refractivity contribution in [2.24, 2.45) is 0 Å². The van der Waals surface area contributed by atoms with E-state index in [0.717, 1.165) is 27.6 Å². The second kappa shape index (κ2) is 3.38. The van der Waals surface area contributed by atoms with E-state index < -0.39 is 5.97 Å². The number of H-pyrrole nitrogens is 1. The second-order valence-corrected chi connectivity index (χ2v) is 3.67. The predicted molar refractivity (Wildman–Crippen MR) is 54.3 cm³/mol. The summed E-state index contributed by atoms with van der Waals surface area (Å²) in [6.45, 7) is 3.86. The van der Waals surface area contributed by atoms with Crippen LogP contribution in [0.15, 0.2) is 12.3 Å². The van der Waals surface area contributed by atoms with Crippen LogP contribution in [0, 0.1) is 13.8 Å². The number of fused-ring (bicyclic) bond motifs is 1. The minimum absolute atomic E-state index is 0.0478. The number of nitrogens with zero attached hydrogens (tertiary/aromatic N) is 1. The van der Waals surface area contributed by atoms with Crippen molar-refractivity contribution in [1.82, 2.24) is 10.2 Å². The highest BCUT2D eigenvalue weighted by Gasteiger charge is 2.08. The Hall–Kier alpha value is -1.84. The average molecular weight is 203 g/mol. The summed E-state index contributed by atoms with van der Waals surface area (Å²) < 4.78 is 0. The van der Waals surface area contributed by atoms with Gasteiger partial charge in [-0.3, -0.25) is 5.10 Å². The van der Waals surface area contributed by atoms with Gasteiger partial charge in [-0.25, -0.2) is 0 Å². The maximum Gasteiger partial charge on any atom is 0.0682 e. The number of aromatic amines is 1. The lowest BCUT2D eigenvalue weighted by Crippen LogP contribution is -2.24. The Bertz CT molecular complexity index is 529. The number of carboxylic acid groups (broad SMARTS) is 1. The van der Waals surface area contributed by atoms with Crippen LogP contribution in [0.5, 0.6) is 0 Å². The highest BCUT2D eigenvalue weighted by molar-refractivity contribution is 5.84. The summed E-state index contributed by atoms with van der Waals surface area (Å²) >= 11 is 0. The number of aliphatic carboxylic acids is 1. The molecule has 0 saturated heterocycles. The van der Waals surface area contributed by atoms with Gasteiger partial charge in [-0.1, -0.05) is 0 Å². The van der Waals surface area contributed by atoms with Gasteiger partial charge in [0, 0.05) is 17.8 Å². The molecule has 2 rings (SSSR count). The van der Waals surface area contributed by atoms with Crippen LogP contribution in [-0.2, 0) is 11.2 Å². The van der Waals surface area contributed by atoms with Crippen LogP contribution < -0.4 is 5.11 Å². The van der Waals surface area contributed by atoms with Crippen LogP contribution in [0.1, 0.15) is 16.7 Å². The molecule has 0 unspecified atom stereocenters. The molecule has 0 radical (unpaired) electrons. The zero-order valence-electron chi connectivity index (χ0n) is 8.63. The number of hydrogen-bond acceptors (Lipinski definition) is 3. The monoisotopic (exact) mass is 203 g/mol. The van der Waals surface area contributed by atoms with Crippen LogP contribution in [-0.4, -0.2) is 16.2 Å². The summed E-state index contributed by atoms with van der Waals surface area (Å²) in [5.41, 5.74) is 3.79. The minimum atomic E-state index is -1.06. The average Bonchev–Trinajstić information content (AvgIpc) is 2.61. The van der Waals surface area contributed by atoms with Gasteiger partial charge >= 0.3 is 0 Å². The number of nitrogens with one attached hydrogen (secondary N) is 1. The summed E-state index contributed by atoms with van der Waals surface area (Å²) in [6, 6.07) is 1.84. The lowest BCUT2D eigenvalue weighted by Gasteiger charge is -2.10. The topological polar surface area (TPSA) is 68.8 Å². The standard InChI is InChI=1S/C11H12N2O2/c1-6-7(2)11-9(5-12-13-11)3-8(6)4-10(14)15/h3,5H,4H2,1-2H3,(H,12,13)(H,14,15)/p-1. The SMILES string of the molecule is Cc1c(CC(=O)[O-])cc2cn[nH]c2c1C. The lowest BCUT2D eigenvalue weighted by atomic mass is 9.98. The molecule has 2 aromatic rings. The first-order valence-corrected chi connectivity index (χ1v) is 4.71. The van der Waals surface area contributed by atoms with Gasteiger partial charge in [-0.2, -0.15) is 5.10 Å². The van der Waals surface area contributed by atoms with Crippen LogP contribution in [0.2, 0.25) is 0 Å². The number of carboxylic acids is 1. The first-order chi connectivity index (χ1) is 7.09. The summed E-state index contributed by atoms with van der Waals surface area (Å²) in [7, 11) is 0. The summed E-state index contributed by atoms with van der Waals surface area (Å²) in [6.07, 6.45) is 1.65. The fourth-order valence-electron chi connectivity index (χ4n) is 1.77. The van der Waals surface area contributed by atoms with Crippen molar-refractivity contribution in [3.8, 4) is 0 Å². The van der Waals surface area contributed by atoms with Crippen LogP contribution in [0.25, 0.3) is 10.9 Å². The summed E-state index contributed by atoms with van der Waals surface area (Å²) in [4.78, 5) is 10.6. The molecule has 0 fully saturated rings. The Kier molecular flexibility index (Phi) is 2.19. The van der Waals surface area contributed by atoms with E-state index in [1.54, 1.807) is 6.20 Å². The lowest BCUT2D eigenvalue weighted by molar-refractivity contribution is -0.304. The quantitative estimate of drug-likeness (QED) is 0.771. The molecule has 0 spiro atoms. The Morgan fingerprint density at radius 3 is 2.87 bits per heavy atom. The van der Waals surface area contributed by atoms with E-state index in [1.807, 2.05) is 19.9 Å². The van der Waals surface area contributed by atoms with E-state index in [0.29, 0.717) is 0 Å². The molecule has 4 heteroatoms. The Morgan fingerprint density at radius 2 is 2.20 bits per heavy atom. The van der Waals surface area contributed by atoms with Gasteiger partial charge in [0.2, 0.25) is 0 Å². The fourth-order valence-corrected chi connectivity index (χ4v) is 1.77. The molecule has 0 aliphatic carbocycles. The molecule has 0 aliphatic heterocycles. The van der Waals surface area contributed by atoms with Crippen molar-refractivity contribution >= 4 is 16.9 Å². The van der Waals surface area contributed by atoms with E-state index >= 15 is 0 Å². The smallest absolute Gasteiger partial charge is 0.0682 e. The van der Waals surface area contributed by atoms with Gasteiger partial charge in [0.15, 0.2) is 0 Å². The third-order valence-corrected chi connectivity index (χ3v) is 2.75. The van der Waals surface area contributed by atoms with Crippen molar-refractivity contribution < 1.29 is 9.90 Å². The van der Waals surface area contributed by atoms with Crippen molar-refractivity contribution in [3.63, 3.8) is 0 Å².